The fourth-order valence-electron chi connectivity index (χ4n) is 4.73. The minimum Gasteiger partial charge on any atom is -0.490 e. The average molecular weight is 466 g/mol. The Balaban J connectivity index is 1.51. The molecule has 180 valence electrons. The zero-order valence-corrected chi connectivity index (χ0v) is 19.7. The number of rotatable bonds is 9. The van der Waals surface area contributed by atoms with Gasteiger partial charge in [0.15, 0.2) is 0 Å². The standard InChI is InChI=1S/C26H31N3O5/c1-17-13-19(14-18(2)24(17)33-16-20(31)15-30)25-28-23(34-29-25)9-11-26(10-5-3-8-22(26)32)21-7-4-6-12-27-21/h4,6-7,12-14,20,30-31H,3,5,8-11,15-16H2,1-2H3/t20-,26?/m0/s1. The molecule has 8 nitrogen and oxygen atoms in total. The number of hydrogen-bond donors (Lipinski definition) is 2. The van der Waals surface area contributed by atoms with E-state index in [-0.39, 0.29) is 19.0 Å². The number of aryl methyl sites for hydroxylation is 3. The Labute approximate surface area is 199 Å². The first kappa shape index (κ1) is 24.0. The molecule has 1 unspecified atom stereocenters. The van der Waals surface area contributed by atoms with Gasteiger partial charge in [-0.1, -0.05) is 17.6 Å². The van der Waals surface area contributed by atoms with Crippen LogP contribution in [-0.4, -0.2) is 50.4 Å². The van der Waals surface area contributed by atoms with E-state index >= 15 is 0 Å². The number of carbonyl (C=O) groups is 1. The molecule has 4 rings (SSSR count). The van der Waals surface area contributed by atoms with Crippen LogP contribution in [0.4, 0.5) is 0 Å². The number of pyridine rings is 1. The lowest BCUT2D eigenvalue weighted by molar-refractivity contribution is -0.127. The van der Waals surface area contributed by atoms with Gasteiger partial charge in [-0.05, 0) is 68.5 Å². The Kier molecular flexibility index (Phi) is 7.38. The van der Waals surface area contributed by atoms with E-state index in [1.165, 1.54) is 0 Å². The van der Waals surface area contributed by atoms with Crippen LogP contribution >= 0.6 is 0 Å². The summed E-state index contributed by atoms with van der Waals surface area (Å²) in [5.41, 5.74) is 2.77. The van der Waals surface area contributed by atoms with Crippen LogP contribution in [0, 0.1) is 13.8 Å². The molecule has 0 saturated heterocycles. The van der Waals surface area contributed by atoms with Crippen molar-refractivity contribution in [1.82, 2.24) is 15.1 Å². The van der Waals surface area contributed by atoms with Gasteiger partial charge >= 0.3 is 0 Å². The molecule has 0 spiro atoms. The van der Waals surface area contributed by atoms with E-state index in [1.54, 1.807) is 6.20 Å². The van der Waals surface area contributed by atoms with E-state index in [0.29, 0.717) is 36.7 Å². The number of aromatic nitrogens is 3. The van der Waals surface area contributed by atoms with Crippen molar-refractivity contribution in [2.75, 3.05) is 13.2 Å². The summed E-state index contributed by atoms with van der Waals surface area (Å²) in [6, 6.07) is 9.55. The van der Waals surface area contributed by atoms with Gasteiger partial charge in [-0.25, -0.2) is 0 Å². The largest absolute Gasteiger partial charge is 0.490 e. The van der Waals surface area contributed by atoms with E-state index in [2.05, 4.69) is 15.1 Å². The average Bonchev–Trinajstić information content (AvgIpc) is 3.33. The highest BCUT2D eigenvalue weighted by atomic mass is 16.5. The molecule has 3 aromatic rings. The maximum absolute atomic E-state index is 13.0. The van der Waals surface area contributed by atoms with Crippen LogP contribution in [0.5, 0.6) is 5.75 Å². The van der Waals surface area contributed by atoms with E-state index in [4.69, 9.17) is 14.4 Å². The highest BCUT2D eigenvalue weighted by molar-refractivity contribution is 5.90. The second kappa shape index (κ2) is 10.4. The molecule has 2 atom stereocenters. The number of Topliss-reactive ketones (excluding diaryl/α,β-unsaturated/α-hetero) is 1. The SMILES string of the molecule is Cc1cc(-c2noc(CCC3(c4ccccn4)CCCCC3=O)n2)cc(C)c1OC[C@@H](O)CO. The molecule has 0 bridgehead atoms. The van der Waals surface area contributed by atoms with Crippen molar-refractivity contribution < 1.29 is 24.3 Å². The quantitative estimate of drug-likeness (QED) is 0.493. The van der Waals surface area contributed by atoms with Crippen LogP contribution in [0.3, 0.4) is 0 Å². The molecular weight excluding hydrogens is 434 g/mol. The molecule has 2 N–H and O–H groups in total. The topological polar surface area (TPSA) is 119 Å². The van der Waals surface area contributed by atoms with Gasteiger partial charge in [-0.2, -0.15) is 4.98 Å². The molecule has 0 radical (unpaired) electrons. The van der Waals surface area contributed by atoms with Gasteiger partial charge in [-0.15, -0.1) is 0 Å². The number of ketones is 1. The van der Waals surface area contributed by atoms with Gasteiger partial charge in [0.2, 0.25) is 11.7 Å². The number of carbonyl (C=O) groups excluding carboxylic acids is 1. The van der Waals surface area contributed by atoms with Crippen molar-refractivity contribution in [1.29, 1.82) is 0 Å². The Morgan fingerprint density at radius 1 is 1.21 bits per heavy atom. The van der Waals surface area contributed by atoms with Crippen LogP contribution in [-0.2, 0) is 16.6 Å². The van der Waals surface area contributed by atoms with E-state index in [1.807, 2.05) is 44.2 Å². The van der Waals surface area contributed by atoms with Gasteiger partial charge in [0.1, 0.15) is 24.2 Å². The minimum atomic E-state index is -0.927. The molecule has 2 heterocycles. The van der Waals surface area contributed by atoms with Crippen LogP contribution in [0.2, 0.25) is 0 Å². The maximum Gasteiger partial charge on any atom is 0.227 e. The summed E-state index contributed by atoms with van der Waals surface area (Å²) in [5.74, 6) is 1.87. The fraction of sp³-hybridized carbons (Fsp3) is 0.462. The second-order valence-corrected chi connectivity index (χ2v) is 9.03. The smallest absolute Gasteiger partial charge is 0.227 e. The number of ether oxygens (including phenoxy) is 1. The first-order valence-electron chi connectivity index (χ1n) is 11.7. The second-order valence-electron chi connectivity index (χ2n) is 9.03. The highest BCUT2D eigenvalue weighted by Gasteiger charge is 2.42. The lowest BCUT2D eigenvalue weighted by Gasteiger charge is -2.35. The molecule has 1 saturated carbocycles. The fourth-order valence-corrected chi connectivity index (χ4v) is 4.73. The summed E-state index contributed by atoms with van der Waals surface area (Å²) in [6.07, 6.45) is 5.18. The number of aliphatic hydroxyl groups is 2. The van der Waals surface area contributed by atoms with Gasteiger partial charge in [0.25, 0.3) is 0 Å². The number of benzene rings is 1. The van der Waals surface area contributed by atoms with Crippen molar-refractivity contribution in [2.45, 2.75) is 63.9 Å². The van der Waals surface area contributed by atoms with Crippen molar-refractivity contribution in [3.8, 4) is 17.1 Å². The first-order chi connectivity index (χ1) is 16.4. The predicted octanol–water partition coefficient (Wildman–Crippen LogP) is 3.49. The molecular formula is C26H31N3O5. The van der Waals surface area contributed by atoms with Gasteiger partial charge in [0, 0.05) is 24.6 Å². The third-order valence-corrected chi connectivity index (χ3v) is 6.53. The van der Waals surface area contributed by atoms with E-state index in [0.717, 1.165) is 41.6 Å². The molecule has 0 aliphatic heterocycles. The minimum absolute atomic E-state index is 0.0145. The van der Waals surface area contributed by atoms with E-state index in [9.17, 15) is 9.90 Å². The normalized spacial score (nSPS) is 19.2. The monoisotopic (exact) mass is 465 g/mol. The third kappa shape index (κ3) is 5.03. The van der Waals surface area contributed by atoms with E-state index < -0.39 is 11.5 Å². The van der Waals surface area contributed by atoms with Crippen LogP contribution in [0.15, 0.2) is 41.1 Å². The number of hydrogen-bond acceptors (Lipinski definition) is 8. The Morgan fingerprint density at radius 3 is 2.68 bits per heavy atom. The van der Waals surface area contributed by atoms with Gasteiger partial charge in [0.05, 0.1) is 17.7 Å². The summed E-state index contributed by atoms with van der Waals surface area (Å²) >= 11 is 0. The molecule has 8 heteroatoms. The predicted molar refractivity (Wildman–Crippen MR) is 126 cm³/mol. The van der Waals surface area contributed by atoms with Gasteiger partial charge < -0.3 is 19.5 Å². The maximum atomic E-state index is 13.0. The summed E-state index contributed by atoms with van der Waals surface area (Å²) in [5, 5.41) is 22.7. The number of nitrogens with zero attached hydrogens (tertiary/aromatic N) is 3. The van der Waals surface area contributed by atoms with Gasteiger partial charge in [-0.3, -0.25) is 9.78 Å². The first-order valence-corrected chi connectivity index (χ1v) is 11.7. The molecule has 0 amide bonds. The number of aliphatic hydroxyl groups excluding tert-OH is 2. The molecule has 1 aromatic carbocycles. The molecule has 34 heavy (non-hydrogen) atoms. The van der Waals surface area contributed by atoms with Crippen LogP contribution in [0.25, 0.3) is 11.4 Å². The zero-order valence-electron chi connectivity index (χ0n) is 19.7. The van der Waals surface area contributed by atoms with Crippen LogP contribution in [0.1, 0.15) is 54.8 Å². The highest BCUT2D eigenvalue weighted by Crippen LogP contribution is 2.39. The molecule has 1 aliphatic rings. The Bertz CT molecular complexity index is 1110. The Hall–Kier alpha value is -3.10. The Morgan fingerprint density at radius 2 is 2.00 bits per heavy atom. The third-order valence-electron chi connectivity index (χ3n) is 6.53. The molecule has 2 aromatic heterocycles. The lowest BCUT2D eigenvalue weighted by atomic mass is 9.68. The summed E-state index contributed by atoms with van der Waals surface area (Å²) in [6.45, 7) is 3.47. The van der Waals surface area contributed by atoms with Crippen molar-refractivity contribution >= 4 is 5.78 Å². The summed E-state index contributed by atoms with van der Waals surface area (Å²) in [7, 11) is 0. The summed E-state index contributed by atoms with van der Waals surface area (Å²) < 4.78 is 11.2. The van der Waals surface area contributed by atoms with Crippen molar-refractivity contribution in [3.63, 3.8) is 0 Å². The molecule has 1 fully saturated rings. The van der Waals surface area contributed by atoms with Crippen molar-refractivity contribution in [3.05, 3.63) is 59.2 Å². The van der Waals surface area contributed by atoms with Crippen molar-refractivity contribution in [2.24, 2.45) is 0 Å². The molecule has 1 aliphatic carbocycles. The van der Waals surface area contributed by atoms with Crippen LogP contribution < -0.4 is 4.74 Å². The zero-order chi connectivity index (χ0) is 24.1. The summed E-state index contributed by atoms with van der Waals surface area (Å²) in [4.78, 5) is 22.1. The lowest BCUT2D eigenvalue weighted by Crippen LogP contribution is -2.40.